The van der Waals surface area contributed by atoms with E-state index in [2.05, 4.69) is 37.1 Å². The number of thiazole rings is 1. The number of aromatic amines is 1. The number of hydrogen-bond donors (Lipinski definition) is 1. The Bertz CT molecular complexity index is 1710. The lowest BCUT2D eigenvalue weighted by Crippen LogP contribution is -2.10. The van der Waals surface area contributed by atoms with Crippen molar-refractivity contribution in [1.29, 1.82) is 0 Å². The number of benzene rings is 1. The van der Waals surface area contributed by atoms with E-state index in [9.17, 15) is 4.79 Å². The van der Waals surface area contributed by atoms with Crippen LogP contribution in [0.5, 0.6) is 0 Å². The van der Waals surface area contributed by atoms with Gasteiger partial charge in [-0.15, -0.1) is 11.3 Å². The van der Waals surface area contributed by atoms with Crippen molar-refractivity contribution in [3.05, 3.63) is 88.8 Å². The second-order valence-corrected chi connectivity index (χ2v) is 8.81. The molecule has 1 N–H and O–H groups in total. The van der Waals surface area contributed by atoms with Gasteiger partial charge < -0.3 is 4.98 Å². The van der Waals surface area contributed by atoms with E-state index in [4.69, 9.17) is 4.98 Å². The van der Waals surface area contributed by atoms with Gasteiger partial charge in [-0.1, -0.05) is 12.1 Å². The maximum absolute atomic E-state index is 12.8. The Morgan fingerprint density at radius 3 is 2.61 bits per heavy atom. The zero-order chi connectivity index (χ0) is 22.4. The SMILES string of the molecule is Cc1ncc(-c2nc3[nH]c(=O)c(-c4cnccn4)cc3cc2-c2ccc3ncccc3c2)s1. The minimum Gasteiger partial charge on any atom is -0.306 e. The molecule has 6 aromatic rings. The van der Waals surface area contributed by atoms with Gasteiger partial charge in [0.2, 0.25) is 0 Å². The molecule has 0 saturated heterocycles. The van der Waals surface area contributed by atoms with Gasteiger partial charge in [0.25, 0.3) is 5.56 Å². The topological polar surface area (TPSA) is 97.3 Å². The molecule has 5 heterocycles. The van der Waals surface area contributed by atoms with Crippen molar-refractivity contribution in [3.63, 3.8) is 0 Å². The lowest BCUT2D eigenvalue weighted by atomic mass is 9.99. The van der Waals surface area contributed by atoms with E-state index in [1.807, 2.05) is 43.5 Å². The van der Waals surface area contributed by atoms with Crippen molar-refractivity contribution in [2.45, 2.75) is 6.92 Å². The number of fused-ring (bicyclic) bond motifs is 2. The Kier molecular flexibility index (Phi) is 4.51. The van der Waals surface area contributed by atoms with Crippen LogP contribution in [0.3, 0.4) is 0 Å². The molecule has 0 aliphatic rings. The van der Waals surface area contributed by atoms with Crippen molar-refractivity contribution in [3.8, 4) is 33.0 Å². The van der Waals surface area contributed by atoms with Crippen LogP contribution in [0, 0.1) is 6.92 Å². The van der Waals surface area contributed by atoms with E-state index >= 15 is 0 Å². The summed E-state index contributed by atoms with van der Waals surface area (Å²) in [6, 6.07) is 14.0. The second-order valence-electron chi connectivity index (χ2n) is 7.58. The molecule has 0 saturated carbocycles. The molecule has 0 unspecified atom stereocenters. The fourth-order valence-electron chi connectivity index (χ4n) is 3.89. The third kappa shape index (κ3) is 3.46. The van der Waals surface area contributed by atoms with Gasteiger partial charge in [-0.05, 0) is 42.8 Å². The third-order valence-electron chi connectivity index (χ3n) is 5.44. The predicted octanol–water partition coefficient (Wildman–Crippen LogP) is 5.03. The van der Waals surface area contributed by atoms with Gasteiger partial charge in [0.05, 0.1) is 38.5 Å². The summed E-state index contributed by atoms with van der Waals surface area (Å²) < 4.78 is 0. The number of nitrogens with one attached hydrogen (secondary N) is 1. The van der Waals surface area contributed by atoms with Gasteiger partial charge >= 0.3 is 0 Å². The predicted molar refractivity (Wildman–Crippen MR) is 130 cm³/mol. The summed E-state index contributed by atoms with van der Waals surface area (Å²) in [6.45, 7) is 1.96. The Morgan fingerprint density at radius 2 is 1.79 bits per heavy atom. The first-order chi connectivity index (χ1) is 16.2. The van der Waals surface area contributed by atoms with E-state index < -0.39 is 0 Å². The minimum absolute atomic E-state index is 0.258. The molecule has 0 bridgehead atoms. The van der Waals surface area contributed by atoms with Crippen LogP contribution in [-0.4, -0.2) is 29.9 Å². The van der Waals surface area contributed by atoms with E-state index in [1.165, 1.54) is 0 Å². The summed E-state index contributed by atoms with van der Waals surface area (Å²) in [5.74, 6) is 0. The van der Waals surface area contributed by atoms with Crippen LogP contribution in [-0.2, 0) is 0 Å². The number of hydrogen-bond acceptors (Lipinski definition) is 7. The largest absolute Gasteiger partial charge is 0.306 e. The van der Waals surface area contributed by atoms with Crippen molar-refractivity contribution in [2.24, 2.45) is 0 Å². The lowest BCUT2D eigenvalue weighted by molar-refractivity contribution is 1.18. The summed E-state index contributed by atoms with van der Waals surface area (Å²) in [5.41, 5.74) is 4.89. The molecular formula is C25H16N6OS. The first-order valence-electron chi connectivity index (χ1n) is 10.3. The monoisotopic (exact) mass is 448 g/mol. The van der Waals surface area contributed by atoms with Crippen LogP contribution in [0.1, 0.15) is 5.01 Å². The van der Waals surface area contributed by atoms with Gasteiger partial charge in [0, 0.05) is 41.1 Å². The highest BCUT2D eigenvalue weighted by Gasteiger charge is 2.16. The molecule has 0 radical (unpaired) electrons. The quantitative estimate of drug-likeness (QED) is 0.408. The fraction of sp³-hybridized carbons (Fsp3) is 0.0400. The molecule has 6 rings (SSSR count). The Morgan fingerprint density at radius 1 is 0.879 bits per heavy atom. The molecule has 0 amide bonds. The van der Waals surface area contributed by atoms with Crippen molar-refractivity contribution < 1.29 is 0 Å². The average molecular weight is 449 g/mol. The highest BCUT2D eigenvalue weighted by molar-refractivity contribution is 7.15. The van der Waals surface area contributed by atoms with Crippen LogP contribution in [0.2, 0.25) is 0 Å². The molecule has 8 heteroatoms. The lowest BCUT2D eigenvalue weighted by Gasteiger charge is -2.11. The van der Waals surface area contributed by atoms with Crippen molar-refractivity contribution in [2.75, 3.05) is 0 Å². The minimum atomic E-state index is -0.258. The number of aromatic nitrogens is 6. The van der Waals surface area contributed by atoms with Crippen LogP contribution >= 0.6 is 11.3 Å². The van der Waals surface area contributed by atoms with Crippen LogP contribution in [0.25, 0.3) is 54.9 Å². The number of aryl methyl sites for hydroxylation is 1. The normalized spacial score (nSPS) is 11.3. The number of nitrogens with zero attached hydrogens (tertiary/aromatic N) is 5. The molecule has 0 aliphatic heterocycles. The van der Waals surface area contributed by atoms with Gasteiger partial charge in [-0.3, -0.25) is 19.7 Å². The third-order valence-corrected chi connectivity index (χ3v) is 6.36. The van der Waals surface area contributed by atoms with Crippen molar-refractivity contribution in [1.82, 2.24) is 29.9 Å². The van der Waals surface area contributed by atoms with Crippen LogP contribution in [0.15, 0.2) is 78.2 Å². The van der Waals surface area contributed by atoms with Gasteiger partial charge in [0.15, 0.2) is 0 Å². The highest BCUT2D eigenvalue weighted by Crippen LogP contribution is 2.36. The Balaban J connectivity index is 1.63. The number of pyridine rings is 3. The molecule has 7 nitrogen and oxygen atoms in total. The average Bonchev–Trinajstić information content (AvgIpc) is 3.29. The maximum atomic E-state index is 12.8. The van der Waals surface area contributed by atoms with Crippen LogP contribution in [0.4, 0.5) is 0 Å². The van der Waals surface area contributed by atoms with E-state index in [1.54, 1.807) is 36.1 Å². The summed E-state index contributed by atoms with van der Waals surface area (Å²) in [6.07, 6.45) is 8.34. The van der Waals surface area contributed by atoms with Gasteiger partial charge in [-0.2, -0.15) is 0 Å². The van der Waals surface area contributed by atoms with Gasteiger partial charge in [-0.25, -0.2) is 9.97 Å². The van der Waals surface area contributed by atoms with Gasteiger partial charge in [0.1, 0.15) is 5.65 Å². The second kappa shape index (κ2) is 7.68. The number of rotatable bonds is 3. The standard InChI is InChI=1S/C25H16N6OS/c1-14-29-13-22(33-14)23-18(15-4-5-20-16(9-15)3-2-6-27-20)10-17-11-19(21-12-26-7-8-28-21)25(32)31-24(17)30-23/h2-13H,1H3,(H,30,31,32). The zero-order valence-electron chi connectivity index (χ0n) is 17.5. The fourth-order valence-corrected chi connectivity index (χ4v) is 4.67. The number of H-pyrrole nitrogens is 1. The zero-order valence-corrected chi connectivity index (χ0v) is 18.3. The molecule has 0 aliphatic carbocycles. The molecular weight excluding hydrogens is 432 g/mol. The molecule has 158 valence electrons. The van der Waals surface area contributed by atoms with E-state index in [0.717, 1.165) is 43.0 Å². The van der Waals surface area contributed by atoms with Crippen molar-refractivity contribution >= 4 is 33.3 Å². The Labute approximate surface area is 191 Å². The highest BCUT2D eigenvalue weighted by atomic mass is 32.1. The van der Waals surface area contributed by atoms with Crippen LogP contribution < -0.4 is 5.56 Å². The summed E-state index contributed by atoms with van der Waals surface area (Å²) in [7, 11) is 0. The summed E-state index contributed by atoms with van der Waals surface area (Å²) in [4.78, 5) is 38.8. The molecule has 0 fully saturated rings. The molecule has 0 spiro atoms. The smallest absolute Gasteiger partial charge is 0.259 e. The molecule has 0 atom stereocenters. The summed E-state index contributed by atoms with van der Waals surface area (Å²) >= 11 is 1.57. The Hall–Kier alpha value is -4.30. The molecule has 33 heavy (non-hydrogen) atoms. The summed E-state index contributed by atoms with van der Waals surface area (Å²) in [5, 5.41) is 2.80. The molecule has 5 aromatic heterocycles. The van der Waals surface area contributed by atoms with E-state index in [-0.39, 0.29) is 5.56 Å². The maximum Gasteiger partial charge on any atom is 0.259 e. The first-order valence-corrected chi connectivity index (χ1v) is 11.1. The first kappa shape index (κ1) is 19.4. The van der Waals surface area contributed by atoms with E-state index in [0.29, 0.717) is 16.9 Å². The molecule has 1 aromatic carbocycles.